The van der Waals surface area contributed by atoms with Crippen LogP contribution in [0.1, 0.15) is 28.6 Å². The average Bonchev–Trinajstić information content (AvgIpc) is 2.91. The molecule has 0 radical (unpaired) electrons. The molecule has 112 valence electrons. The van der Waals surface area contributed by atoms with Crippen LogP contribution >= 0.6 is 11.6 Å². The number of sulfonamides is 1. The SMILES string of the molecule is Cc1noc(C)c1S(=O)(=O)NC1c2ccccc2CC1Cl. The third-order valence-corrected chi connectivity index (χ3v) is 5.78. The number of fused-ring (bicyclic) bond motifs is 1. The third-order valence-electron chi connectivity index (χ3n) is 3.69. The molecule has 0 bridgehead atoms. The summed E-state index contributed by atoms with van der Waals surface area (Å²) >= 11 is 6.32. The highest BCUT2D eigenvalue weighted by Gasteiger charge is 2.36. The number of alkyl halides is 1. The van der Waals surface area contributed by atoms with Crippen molar-refractivity contribution in [2.45, 2.75) is 36.6 Å². The molecule has 2 unspecified atom stereocenters. The van der Waals surface area contributed by atoms with Crippen molar-refractivity contribution in [1.82, 2.24) is 9.88 Å². The lowest BCUT2D eigenvalue weighted by molar-refractivity contribution is 0.390. The molecule has 0 spiro atoms. The Bertz CT molecular complexity index is 766. The monoisotopic (exact) mass is 326 g/mol. The maximum Gasteiger partial charge on any atom is 0.246 e. The number of aryl methyl sites for hydroxylation is 2. The molecule has 1 aromatic heterocycles. The molecule has 1 aromatic carbocycles. The number of benzene rings is 1. The summed E-state index contributed by atoms with van der Waals surface area (Å²) < 4.78 is 32.8. The molecule has 1 aliphatic rings. The maximum atomic E-state index is 12.6. The number of halogens is 1. The summed E-state index contributed by atoms with van der Waals surface area (Å²) in [4.78, 5) is 0.0933. The number of aromatic nitrogens is 1. The normalized spacial score (nSPS) is 21.5. The third kappa shape index (κ3) is 2.47. The molecular formula is C14H15ClN2O3S. The van der Waals surface area contributed by atoms with Gasteiger partial charge in [0, 0.05) is 0 Å². The van der Waals surface area contributed by atoms with Crippen molar-refractivity contribution in [3.05, 3.63) is 46.8 Å². The molecule has 3 rings (SSSR count). The van der Waals surface area contributed by atoms with Gasteiger partial charge in [-0.25, -0.2) is 13.1 Å². The predicted octanol–water partition coefficient (Wildman–Crippen LogP) is 2.47. The van der Waals surface area contributed by atoms with Crippen LogP contribution < -0.4 is 4.72 Å². The van der Waals surface area contributed by atoms with Crippen LogP contribution in [0.25, 0.3) is 0 Å². The van der Waals surface area contributed by atoms with Gasteiger partial charge in [-0.05, 0) is 31.4 Å². The van der Waals surface area contributed by atoms with E-state index in [1.807, 2.05) is 24.3 Å². The van der Waals surface area contributed by atoms with Gasteiger partial charge in [-0.1, -0.05) is 29.4 Å². The zero-order valence-electron chi connectivity index (χ0n) is 11.6. The van der Waals surface area contributed by atoms with Crippen molar-refractivity contribution in [2.75, 3.05) is 0 Å². The highest BCUT2D eigenvalue weighted by Crippen LogP contribution is 2.36. The van der Waals surface area contributed by atoms with E-state index < -0.39 is 16.1 Å². The fraction of sp³-hybridized carbons (Fsp3) is 0.357. The minimum Gasteiger partial charge on any atom is -0.360 e. The van der Waals surface area contributed by atoms with Gasteiger partial charge in [-0.15, -0.1) is 11.6 Å². The van der Waals surface area contributed by atoms with Crippen LogP contribution in [0.4, 0.5) is 0 Å². The number of hydrogen-bond donors (Lipinski definition) is 1. The Balaban J connectivity index is 1.97. The Morgan fingerprint density at radius 3 is 2.71 bits per heavy atom. The van der Waals surface area contributed by atoms with Gasteiger partial charge in [0.15, 0.2) is 5.76 Å². The Hall–Kier alpha value is -1.37. The molecule has 1 heterocycles. The smallest absolute Gasteiger partial charge is 0.246 e. The second-order valence-corrected chi connectivity index (χ2v) is 7.38. The van der Waals surface area contributed by atoms with Gasteiger partial charge in [0.1, 0.15) is 10.6 Å². The Labute approximate surface area is 128 Å². The predicted molar refractivity (Wildman–Crippen MR) is 78.8 cm³/mol. The molecule has 0 amide bonds. The molecule has 5 nitrogen and oxygen atoms in total. The molecule has 1 N–H and O–H groups in total. The van der Waals surface area contributed by atoms with Gasteiger partial charge < -0.3 is 4.52 Å². The molecule has 0 saturated carbocycles. The lowest BCUT2D eigenvalue weighted by Crippen LogP contribution is -2.32. The quantitative estimate of drug-likeness (QED) is 0.879. The number of hydrogen-bond acceptors (Lipinski definition) is 4. The average molecular weight is 327 g/mol. The van der Waals surface area contributed by atoms with Crippen molar-refractivity contribution in [3.63, 3.8) is 0 Å². The summed E-state index contributed by atoms with van der Waals surface area (Å²) in [6.07, 6.45) is 0.645. The Morgan fingerprint density at radius 1 is 1.33 bits per heavy atom. The van der Waals surface area contributed by atoms with Crippen LogP contribution in [0, 0.1) is 13.8 Å². The topological polar surface area (TPSA) is 72.2 Å². The van der Waals surface area contributed by atoms with Crippen LogP contribution in [-0.2, 0) is 16.4 Å². The van der Waals surface area contributed by atoms with Crippen LogP contribution in [0.15, 0.2) is 33.7 Å². The van der Waals surface area contributed by atoms with E-state index in [9.17, 15) is 8.42 Å². The van der Waals surface area contributed by atoms with Crippen molar-refractivity contribution in [2.24, 2.45) is 0 Å². The first-order valence-electron chi connectivity index (χ1n) is 6.57. The van der Waals surface area contributed by atoms with Crippen molar-refractivity contribution >= 4 is 21.6 Å². The first-order valence-corrected chi connectivity index (χ1v) is 8.49. The number of nitrogens with one attached hydrogen (secondary N) is 1. The van der Waals surface area contributed by atoms with Gasteiger partial charge in [0.05, 0.1) is 11.4 Å². The lowest BCUT2D eigenvalue weighted by atomic mass is 10.1. The molecule has 21 heavy (non-hydrogen) atoms. The second kappa shape index (κ2) is 5.12. The molecule has 0 fully saturated rings. The minimum absolute atomic E-state index is 0.0933. The van der Waals surface area contributed by atoms with Gasteiger partial charge in [-0.2, -0.15) is 0 Å². The van der Waals surface area contributed by atoms with Gasteiger partial charge in [0.2, 0.25) is 10.0 Å². The van der Waals surface area contributed by atoms with E-state index in [4.69, 9.17) is 16.1 Å². The highest BCUT2D eigenvalue weighted by atomic mass is 35.5. The summed E-state index contributed by atoms with van der Waals surface area (Å²) in [6, 6.07) is 7.23. The van der Waals surface area contributed by atoms with Crippen LogP contribution in [-0.4, -0.2) is 19.0 Å². The van der Waals surface area contributed by atoms with Crippen LogP contribution in [0.3, 0.4) is 0 Å². The zero-order valence-corrected chi connectivity index (χ0v) is 13.2. The maximum absolute atomic E-state index is 12.6. The summed E-state index contributed by atoms with van der Waals surface area (Å²) in [5.41, 5.74) is 2.34. The highest BCUT2D eigenvalue weighted by molar-refractivity contribution is 7.89. The molecule has 1 aliphatic carbocycles. The lowest BCUT2D eigenvalue weighted by Gasteiger charge is -2.17. The largest absolute Gasteiger partial charge is 0.360 e. The van der Waals surface area contributed by atoms with E-state index in [-0.39, 0.29) is 16.0 Å². The molecule has 0 aliphatic heterocycles. The fourth-order valence-electron chi connectivity index (χ4n) is 2.77. The van der Waals surface area contributed by atoms with Crippen molar-refractivity contribution in [3.8, 4) is 0 Å². The Kier molecular flexibility index (Phi) is 3.55. The second-order valence-electron chi connectivity index (χ2n) is 5.17. The summed E-state index contributed by atoms with van der Waals surface area (Å²) in [6.45, 7) is 3.18. The fourth-order valence-corrected chi connectivity index (χ4v) is 4.79. The van der Waals surface area contributed by atoms with Gasteiger partial charge in [-0.3, -0.25) is 0 Å². The van der Waals surface area contributed by atoms with E-state index in [2.05, 4.69) is 9.88 Å². The number of nitrogens with zero attached hydrogens (tertiary/aromatic N) is 1. The van der Waals surface area contributed by atoms with E-state index in [1.165, 1.54) is 0 Å². The van der Waals surface area contributed by atoms with E-state index in [0.717, 1.165) is 11.1 Å². The summed E-state index contributed by atoms with van der Waals surface area (Å²) in [7, 11) is -3.73. The van der Waals surface area contributed by atoms with Crippen molar-refractivity contribution in [1.29, 1.82) is 0 Å². The van der Waals surface area contributed by atoms with Gasteiger partial charge >= 0.3 is 0 Å². The molecule has 0 saturated heterocycles. The summed E-state index contributed by atoms with van der Waals surface area (Å²) in [5, 5.41) is 3.39. The van der Waals surface area contributed by atoms with Crippen molar-refractivity contribution < 1.29 is 12.9 Å². The zero-order chi connectivity index (χ0) is 15.2. The molecule has 2 aromatic rings. The molecular weight excluding hydrogens is 312 g/mol. The first-order chi connectivity index (χ1) is 9.90. The van der Waals surface area contributed by atoms with Gasteiger partial charge in [0.25, 0.3) is 0 Å². The minimum atomic E-state index is -3.73. The Morgan fingerprint density at radius 2 is 2.05 bits per heavy atom. The van der Waals surface area contributed by atoms with E-state index >= 15 is 0 Å². The molecule has 7 heteroatoms. The number of rotatable bonds is 3. The van der Waals surface area contributed by atoms with E-state index in [0.29, 0.717) is 12.1 Å². The van der Waals surface area contributed by atoms with Crippen LogP contribution in [0.2, 0.25) is 0 Å². The standard InChI is InChI=1S/C14H15ClN2O3S/c1-8-14(9(2)20-16-8)21(18,19)17-13-11-6-4-3-5-10(11)7-12(13)15/h3-6,12-13,17H,7H2,1-2H3. The first kappa shape index (κ1) is 14.6. The van der Waals surface area contributed by atoms with E-state index in [1.54, 1.807) is 13.8 Å². The van der Waals surface area contributed by atoms with Crippen LogP contribution in [0.5, 0.6) is 0 Å². The summed E-state index contributed by atoms with van der Waals surface area (Å²) in [5.74, 6) is 0.275. The molecule has 2 atom stereocenters.